The van der Waals surface area contributed by atoms with Crippen molar-refractivity contribution in [1.29, 1.82) is 0 Å². The Morgan fingerprint density at radius 1 is 1.14 bits per heavy atom. The van der Waals surface area contributed by atoms with Crippen molar-refractivity contribution >= 4 is 60.1 Å². The zero-order chi connectivity index (χ0) is 25.4. The Hall–Kier alpha value is -3.56. The number of Topliss-reactive ketones (excluding diaryl/α,β-unsaturated/α-hetero) is 1. The number of benzene rings is 3. The molecule has 1 unspecified atom stereocenters. The van der Waals surface area contributed by atoms with Gasteiger partial charge < -0.3 is 9.84 Å². The van der Waals surface area contributed by atoms with Crippen molar-refractivity contribution in [3.63, 3.8) is 0 Å². The Bertz CT molecular complexity index is 1530. The highest BCUT2D eigenvalue weighted by atomic mass is 79.9. The summed E-state index contributed by atoms with van der Waals surface area (Å²) in [4.78, 5) is 32.5. The Morgan fingerprint density at radius 3 is 2.72 bits per heavy atom. The SMILES string of the molecule is CCCOc1cccc(C(O)=C2C(=O)C(=O)N(c3nc4ccc(F)cc4s3)C2c2cccc(Br)c2)c1. The summed E-state index contributed by atoms with van der Waals surface area (Å²) in [6.07, 6.45) is 0.816. The maximum Gasteiger partial charge on any atom is 0.301 e. The lowest BCUT2D eigenvalue weighted by Gasteiger charge is -2.23. The fourth-order valence-corrected chi connectivity index (χ4v) is 5.55. The quantitative estimate of drug-likeness (QED) is 0.161. The Labute approximate surface area is 218 Å². The summed E-state index contributed by atoms with van der Waals surface area (Å²) in [7, 11) is 0. The van der Waals surface area contributed by atoms with E-state index >= 15 is 0 Å². The van der Waals surface area contributed by atoms with Gasteiger partial charge in [-0.2, -0.15) is 0 Å². The van der Waals surface area contributed by atoms with Crippen LogP contribution in [0.5, 0.6) is 5.75 Å². The summed E-state index contributed by atoms with van der Waals surface area (Å²) in [5, 5.41) is 11.6. The highest BCUT2D eigenvalue weighted by molar-refractivity contribution is 9.10. The van der Waals surface area contributed by atoms with Gasteiger partial charge in [-0.05, 0) is 54.4 Å². The highest BCUT2D eigenvalue weighted by Crippen LogP contribution is 2.44. The Balaban J connectivity index is 1.69. The zero-order valence-electron chi connectivity index (χ0n) is 19.1. The average molecular weight is 567 g/mol. The van der Waals surface area contributed by atoms with E-state index in [0.29, 0.717) is 33.7 Å². The molecular weight excluding hydrogens is 547 g/mol. The second-order valence-corrected chi connectivity index (χ2v) is 10.1. The standard InChI is InChI=1S/C27H20BrFN2O4S/c1-2-11-35-19-8-4-6-16(13-19)24(32)22-23(15-5-3-7-17(28)12-15)31(26(34)25(22)33)27-30-20-10-9-18(29)14-21(20)36-27/h3-10,12-14,23,32H,2,11H2,1H3. The molecule has 2 heterocycles. The van der Waals surface area contributed by atoms with E-state index in [1.165, 1.54) is 23.1 Å². The molecule has 9 heteroatoms. The third-order valence-corrected chi connectivity index (χ3v) is 7.25. The van der Waals surface area contributed by atoms with E-state index in [2.05, 4.69) is 20.9 Å². The predicted molar refractivity (Wildman–Crippen MR) is 141 cm³/mol. The number of hydrogen-bond acceptors (Lipinski definition) is 6. The number of amides is 1. The number of aliphatic hydroxyl groups is 1. The van der Waals surface area contributed by atoms with Crippen molar-refractivity contribution in [2.45, 2.75) is 19.4 Å². The number of halogens is 2. The number of ketones is 1. The molecule has 182 valence electrons. The van der Waals surface area contributed by atoms with Crippen LogP contribution >= 0.6 is 27.3 Å². The van der Waals surface area contributed by atoms with Crippen molar-refractivity contribution in [3.05, 3.63) is 93.7 Å². The second kappa shape index (κ2) is 9.83. The van der Waals surface area contributed by atoms with Crippen molar-refractivity contribution < 1.29 is 23.8 Å². The molecule has 1 saturated heterocycles. The number of hydrogen-bond donors (Lipinski definition) is 1. The minimum absolute atomic E-state index is 0.0591. The number of rotatable bonds is 6. The predicted octanol–water partition coefficient (Wildman–Crippen LogP) is 6.61. The number of nitrogens with zero attached hydrogens (tertiary/aromatic N) is 2. The van der Waals surface area contributed by atoms with Crippen LogP contribution in [0.3, 0.4) is 0 Å². The van der Waals surface area contributed by atoms with E-state index in [1.54, 1.807) is 42.5 Å². The van der Waals surface area contributed by atoms with Crippen LogP contribution in [-0.2, 0) is 9.59 Å². The van der Waals surface area contributed by atoms with E-state index in [1.807, 2.05) is 13.0 Å². The van der Waals surface area contributed by atoms with Crippen molar-refractivity contribution in [3.8, 4) is 5.75 Å². The van der Waals surface area contributed by atoms with Gasteiger partial charge in [-0.3, -0.25) is 14.5 Å². The minimum Gasteiger partial charge on any atom is -0.507 e. The molecule has 0 spiro atoms. The Morgan fingerprint density at radius 2 is 1.94 bits per heavy atom. The molecule has 1 atom stereocenters. The topological polar surface area (TPSA) is 79.7 Å². The molecule has 4 aromatic rings. The smallest absolute Gasteiger partial charge is 0.301 e. The number of anilines is 1. The summed E-state index contributed by atoms with van der Waals surface area (Å²) in [5.74, 6) is -1.84. The van der Waals surface area contributed by atoms with Crippen LogP contribution in [0.2, 0.25) is 0 Å². The van der Waals surface area contributed by atoms with Crippen molar-refractivity contribution in [2.75, 3.05) is 11.5 Å². The van der Waals surface area contributed by atoms with Gasteiger partial charge in [0.15, 0.2) is 5.13 Å². The number of carbonyl (C=O) groups excluding carboxylic acids is 2. The van der Waals surface area contributed by atoms with Gasteiger partial charge in [0.1, 0.15) is 17.3 Å². The van der Waals surface area contributed by atoms with E-state index in [-0.39, 0.29) is 16.5 Å². The molecule has 3 aromatic carbocycles. The average Bonchev–Trinajstić information content (AvgIpc) is 3.40. The van der Waals surface area contributed by atoms with Gasteiger partial charge in [-0.15, -0.1) is 0 Å². The van der Waals surface area contributed by atoms with Crippen LogP contribution in [0.4, 0.5) is 9.52 Å². The molecule has 1 aliphatic heterocycles. The second-order valence-electron chi connectivity index (χ2n) is 8.21. The lowest BCUT2D eigenvalue weighted by molar-refractivity contribution is -0.132. The lowest BCUT2D eigenvalue weighted by atomic mass is 9.95. The summed E-state index contributed by atoms with van der Waals surface area (Å²) in [6, 6.07) is 17.1. The number of thiazole rings is 1. The molecule has 0 radical (unpaired) electrons. The van der Waals surface area contributed by atoms with Crippen LogP contribution in [0, 0.1) is 5.82 Å². The molecule has 1 aromatic heterocycles. The van der Waals surface area contributed by atoms with Gasteiger partial charge in [0, 0.05) is 10.0 Å². The molecule has 5 rings (SSSR count). The van der Waals surface area contributed by atoms with Crippen LogP contribution in [-0.4, -0.2) is 28.4 Å². The number of aliphatic hydroxyl groups excluding tert-OH is 1. The maximum atomic E-state index is 13.8. The molecule has 0 bridgehead atoms. The van der Waals surface area contributed by atoms with Gasteiger partial charge in [-0.25, -0.2) is 9.37 Å². The first-order valence-corrected chi connectivity index (χ1v) is 12.8. The fourth-order valence-electron chi connectivity index (χ4n) is 4.12. The molecule has 1 N–H and O–H groups in total. The highest BCUT2D eigenvalue weighted by Gasteiger charge is 2.48. The maximum absolute atomic E-state index is 13.8. The number of carbonyl (C=O) groups is 2. The van der Waals surface area contributed by atoms with Crippen LogP contribution in [0.1, 0.15) is 30.5 Å². The van der Waals surface area contributed by atoms with Gasteiger partial charge in [0.05, 0.1) is 28.4 Å². The number of ether oxygens (including phenoxy) is 1. The normalized spacial score (nSPS) is 17.2. The summed E-state index contributed by atoms with van der Waals surface area (Å²) < 4.78 is 20.8. The molecule has 0 saturated carbocycles. The van der Waals surface area contributed by atoms with E-state index in [0.717, 1.165) is 22.2 Å². The van der Waals surface area contributed by atoms with Crippen LogP contribution < -0.4 is 9.64 Å². The first-order valence-electron chi connectivity index (χ1n) is 11.2. The van der Waals surface area contributed by atoms with E-state index < -0.39 is 23.5 Å². The van der Waals surface area contributed by atoms with Gasteiger partial charge in [0.2, 0.25) is 0 Å². The largest absolute Gasteiger partial charge is 0.507 e. The van der Waals surface area contributed by atoms with E-state index in [4.69, 9.17) is 4.74 Å². The lowest BCUT2D eigenvalue weighted by Crippen LogP contribution is -2.29. The molecule has 36 heavy (non-hydrogen) atoms. The fraction of sp³-hybridized carbons (Fsp3) is 0.148. The molecular formula is C27H20BrFN2O4S. The molecule has 1 fully saturated rings. The van der Waals surface area contributed by atoms with Gasteiger partial charge >= 0.3 is 5.91 Å². The molecule has 1 amide bonds. The zero-order valence-corrected chi connectivity index (χ0v) is 21.5. The minimum atomic E-state index is -0.937. The van der Waals surface area contributed by atoms with E-state index in [9.17, 15) is 19.1 Å². The molecule has 6 nitrogen and oxygen atoms in total. The van der Waals surface area contributed by atoms with Crippen LogP contribution in [0.15, 0.2) is 76.8 Å². The van der Waals surface area contributed by atoms with Crippen molar-refractivity contribution in [2.24, 2.45) is 0 Å². The molecule has 1 aliphatic rings. The Kier molecular flexibility index (Phi) is 6.59. The number of aromatic nitrogens is 1. The summed E-state index contributed by atoms with van der Waals surface area (Å²) in [6.45, 7) is 2.49. The monoisotopic (exact) mass is 566 g/mol. The number of fused-ring (bicyclic) bond motifs is 1. The van der Waals surface area contributed by atoms with Crippen LogP contribution in [0.25, 0.3) is 16.0 Å². The summed E-state index contributed by atoms with van der Waals surface area (Å²) in [5.41, 5.74) is 1.41. The first kappa shape index (κ1) is 24.1. The summed E-state index contributed by atoms with van der Waals surface area (Å²) >= 11 is 4.55. The van der Waals surface area contributed by atoms with Crippen molar-refractivity contribution in [1.82, 2.24) is 4.98 Å². The first-order chi connectivity index (χ1) is 17.4. The third-order valence-electron chi connectivity index (χ3n) is 5.73. The third kappa shape index (κ3) is 4.40. The van der Waals surface area contributed by atoms with Gasteiger partial charge in [-0.1, -0.05) is 58.5 Å². The van der Waals surface area contributed by atoms with Gasteiger partial charge in [0.25, 0.3) is 5.78 Å². The molecule has 0 aliphatic carbocycles.